The van der Waals surface area contributed by atoms with Crippen LogP contribution in [0, 0.1) is 20.2 Å². The monoisotopic (exact) mass is 323 g/mol. The van der Waals surface area contributed by atoms with Gasteiger partial charge in [0.15, 0.2) is 0 Å². The molecule has 8 nitrogen and oxygen atoms in total. The fraction of sp³-hybridized carbons (Fsp3) is 0.533. The zero-order valence-corrected chi connectivity index (χ0v) is 13.5. The van der Waals surface area contributed by atoms with Crippen LogP contribution >= 0.6 is 0 Å². The fourth-order valence-corrected chi connectivity index (χ4v) is 2.52. The van der Waals surface area contributed by atoms with E-state index < -0.39 is 32.6 Å². The molecule has 0 spiro atoms. The maximum atomic E-state index is 11.6. The van der Waals surface area contributed by atoms with E-state index in [4.69, 9.17) is 0 Å². The van der Waals surface area contributed by atoms with Crippen molar-refractivity contribution in [2.24, 2.45) is 0 Å². The van der Waals surface area contributed by atoms with Gasteiger partial charge in [0, 0.05) is 17.0 Å². The van der Waals surface area contributed by atoms with Gasteiger partial charge in [0.2, 0.25) is 0 Å². The summed E-state index contributed by atoms with van der Waals surface area (Å²) < 4.78 is 0. The third kappa shape index (κ3) is 3.30. The van der Waals surface area contributed by atoms with Gasteiger partial charge < -0.3 is 9.90 Å². The van der Waals surface area contributed by atoms with Gasteiger partial charge in [-0.2, -0.15) is 0 Å². The van der Waals surface area contributed by atoms with Crippen molar-refractivity contribution in [2.75, 3.05) is 0 Å². The molecule has 0 saturated heterocycles. The number of nitrogens with zero attached hydrogens (tertiary/aromatic N) is 2. The fourth-order valence-electron chi connectivity index (χ4n) is 2.52. The summed E-state index contributed by atoms with van der Waals surface area (Å²) in [5, 5.41) is 34.1. The minimum atomic E-state index is -1.60. The first-order valence-electron chi connectivity index (χ1n) is 7.28. The van der Waals surface area contributed by atoms with Crippen LogP contribution in [0.4, 0.5) is 11.4 Å². The molecule has 0 aliphatic carbocycles. The maximum absolute atomic E-state index is 11.6. The molecule has 2 atom stereocenters. The normalized spacial score (nSPS) is 14.8. The molecule has 0 aliphatic heterocycles. The van der Waals surface area contributed by atoms with Crippen LogP contribution in [-0.2, 0) is 10.2 Å². The molecule has 0 heterocycles. The molecule has 0 saturated carbocycles. The highest BCUT2D eigenvalue weighted by molar-refractivity contribution is 5.82. The number of non-ortho nitro benzene ring substituents is 1. The molecule has 0 bridgehead atoms. The Morgan fingerprint density at radius 2 is 1.78 bits per heavy atom. The van der Waals surface area contributed by atoms with E-state index in [2.05, 4.69) is 0 Å². The molecular formula is C15H19N2O6-. The molecule has 0 N–H and O–H groups in total. The van der Waals surface area contributed by atoms with Crippen molar-refractivity contribution in [1.29, 1.82) is 0 Å². The Hall–Kier alpha value is -2.51. The number of carboxylic acid groups (broad SMARTS) is 1. The summed E-state index contributed by atoms with van der Waals surface area (Å²) in [4.78, 5) is 32.6. The van der Waals surface area contributed by atoms with Crippen LogP contribution in [0.2, 0.25) is 0 Å². The predicted octanol–water partition coefficient (Wildman–Crippen LogP) is 2.43. The molecular weight excluding hydrogens is 304 g/mol. The van der Waals surface area contributed by atoms with E-state index in [1.165, 1.54) is 13.0 Å². The molecule has 1 aromatic carbocycles. The van der Waals surface area contributed by atoms with Crippen molar-refractivity contribution >= 4 is 17.3 Å². The van der Waals surface area contributed by atoms with Crippen molar-refractivity contribution in [3.63, 3.8) is 0 Å². The van der Waals surface area contributed by atoms with Crippen molar-refractivity contribution in [1.82, 2.24) is 0 Å². The van der Waals surface area contributed by atoms with Crippen LogP contribution in [0.5, 0.6) is 0 Å². The van der Waals surface area contributed by atoms with Gasteiger partial charge in [-0.05, 0) is 31.2 Å². The topological polar surface area (TPSA) is 126 Å². The van der Waals surface area contributed by atoms with Gasteiger partial charge in [0.25, 0.3) is 11.4 Å². The Kier molecular flexibility index (Phi) is 5.42. The molecule has 23 heavy (non-hydrogen) atoms. The minimum absolute atomic E-state index is 0.00931. The number of nitro benzene ring substituents is 2. The summed E-state index contributed by atoms with van der Waals surface area (Å²) in [6.07, 6.45) is 0.621. The van der Waals surface area contributed by atoms with Gasteiger partial charge in [0.05, 0.1) is 21.9 Å². The summed E-state index contributed by atoms with van der Waals surface area (Å²) in [6, 6.07) is 2.05. The van der Waals surface area contributed by atoms with Crippen LogP contribution < -0.4 is 5.11 Å². The Morgan fingerprint density at radius 1 is 1.22 bits per heavy atom. The predicted molar refractivity (Wildman–Crippen MR) is 81.1 cm³/mol. The molecule has 126 valence electrons. The number of carbonyl (C=O) groups is 1. The van der Waals surface area contributed by atoms with E-state index in [0.717, 1.165) is 6.07 Å². The number of aliphatic carboxylic acids is 1. The lowest BCUT2D eigenvalue weighted by Crippen LogP contribution is -2.44. The van der Waals surface area contributed by atoms with Crippen molar-refractivity contribution in [3.8, 4) is 0 Å². The van der Waals surface area contributed by atoms with Gasteiger partial charge in [-0.15, -0.1) is 0 Å². The molecule has 0 fully saturated rings. The second kappa shape index (κ2) is 6.72. The van der Waals surface area contributed by atoms with E-state index in [9.17, 15) is 30.1 Å². The molecule has 0 radical (unpaired) electrons. The molecule has 2 unspecified atom stereocenters. The van der Waals surface area contributed by atoms with Crippen LogP contribution in [-0.4, -0.2) is 15.8 Å². The average molecular weight is 323 g/mol. The minimum Gasteiger partial charge on any atom is -0.549 e. The van der Waals surface area contributed by atoms with Gasteiger partial charge in [-0.1, -0.05) is 20.8 Å². The van der Waals surface area contributed by atoms with E-state index >= 15 is 0 Å². The largest absolute Gasteiger partial charge is 0.549 e. The van der Waals surface area contributed by atoms with E-state index in [1.54, 1.807) is 13.8 Å². The molecule has 0 amide bonds. The van der Waals surface area contributed by atoms with Crippen molar-refractivity contribution in [3.05, 3.63) is 43.5 Å². The Bertz CT molecular complexity index is 658. The molecule has 1 rings (SSSR count). The number of benzene rings is 1. The Balaban J connectivity index is 3.94. The Morgan fingerprint density at radius 3 is 2.13 bits per heavy atom. The molecule has 0 aliphatic rings. The van der Waals surface area contributed by atoms with Crippen molar-refractivity contribution in [2.45, 2.75) is 51.9 Å². The van der Waals surface area contributed by atoms with Crippen LogP contribution in [0.1, 0.15) is 57.6 Å². The first-order chi connectivity index (χ1) is 10.6. The average Bonchev–Trinajstić information content (AvgIpc) is 2.51. The van der Waals surface area contributed by atoms with E-state index in [1.807, 2.05) is 6.92 Å². The van der Waals surface area contributed by atoms with Gasteiger partial charge in [-0.3, -0.25) is 20.2 Å². The Labute approximate surface area is 133 Å². The maximum Gasteiger partial charge on any atom is 0.280 e. The SMILES string of the molecule is CCC(C)c1cc([N+](=O)[O-])cc([N+](=O)[O-])c1C(C)(CC)C(=O)[O-]. The third-order valence-electron chi connectivity index (χ3n) is 4.39. The van der Waals surface area contributed by atoms with E-state index in [0.29, 0.717) is 12.0 Å². The molecule has 1 aromatic rings. The number of hydrogen-bond donors (Lipinski definition) is 0. The zero-order valence-electron chi connectivity index (χ0n) is 13.5. The number of nitro groups is 2. The quantitative estimate of drug-likeness (QED) is 0.560. The second-order valence-electron chi connectivity index (χ2n) is 5.73. The lowest BCUT2D eigenvalue weighted by Gasteiger charge is -2.32. The molecule has 8 heteroatoms. The summed E-state index contributed by atoms with van der Waals surface area (Å²) >= 11 is 0. The number of hydrogen-bond acceptors (Lipinski definition) is 6. The highest BCUT2D eigenvalue weighted by atomic mass is 16.6. The van der Waals surface area contributed by atoms with Gasteiger partial charge in [-0.25, -0.2) is 0 Å². The lowest BCUT2D eigenvalue weighted by molar-refractivity contribution is -0.395. The summed E-state index contributed by atoms with van der Waals surface area (Å²) in [7, 11) is 0. The van der Waals surface area contributed by atoms with Crippen LogP contribution in [0.25, 0.3) is 0 Å². The summed E-state index contributed by atoms with van der Waals surface area (Å²) in [5.41, 5.74) is -2.28. The molecule has 0 aromatic heterocycles. The smallest absolute Gasteiger partial charge is 0.280 e. The van der Waals surface area contributed by atoms with Crippen LogP contribution in [0.3, 0.4) is 0 Å². The highest BCUT2D eigenvalue weighted by Gasteiger charge is 2.38. The standard InChI is InChI=1S/C15H20N2O6/c1-5-9(3)11-7-10(16(20)21)8-12(17(22)23)13(11)15(4,6-2)14(18)19/h7-9H,5-6H2,1-4H3,(H,18,19)/p-1. The zero-order chi connectivity index (χ0) is 17.9. The van der Waals surface area contributed by atoms with Gasteiger partial charge in [0.1, 0.15) is 0 Å². The van der Waals surface area contributed by atoms with Crippen molar-refractivity contribution < 1.29 is 19.7 Å². The lowest BCUT2D eigenvalue weighted by atomic mass is 9.74. The first kappa shape index (κ1) is 18.5. The van der Waals surface area contributed by atoms with Gasteiger partial charge >= 0.3 is 0 Å². The van der Waals surface area contributed by atoms with Crippen LogP contribution in [0.15, 0.2) is 12.1 Å². The third-order valence-corrected chi connectivity index (χ3v) is 4.39. The number of rotatable bonds is 7. The summed E-state index contributed by atoms with van der Waals surface area (Å²) in [6.45, 7) is 6.50. The second-order valence-corrected chi connectivity index (χ2v) is 5.73. The highest BCUT2D eigenvalue weighted by Crippen LogP contribution is 2.42. The first-order valence-corrected chi connectivity index (χ1v) is 7.28. The summed E-state index contributed by atoms with van der Waals surface area (Å²) in [5.74, 6) is -1.71. The van der Waals surface area contributed by atoms with E-state index in [-0.39, 0.29) is 17.9 Å². The number of carbonyl (C=O) groups excluding carboxylic acids is 1. The number of carboxylic acids is 1.